The molecule has 0 aliphatic heterocycles. The maximum absolute atomic E-state index is 13.3. The Morgan fingerprint density at radius 1 is 0.909 bits per heavy atom. The highest BCUT2D eigenvalue weighted by Crippen LogP contribution is 2.31. The summed E-state index contributed by atoms with van der Waals surface area (Å²) in [5.74, 6) is -1.84. The summed E-state index contributed by atoms with van der Waals surface area (Å²) in [6, 6.07) is 21.5. The minimum absolute atomic E-state index is 0.264. The van der Waals surface area contributed by atoms with E-state index in [2.05, 4.69) is 4.74 Å². The van der Waals surface area contributed by atoms with E-state index in [0.717, 1.165) is 10.5 Å². The highest BCUT2D eigenvalue weighted by atomic mass is 35.5. The molecular weight excluding hydrogens is 455 g/mol. The Balaban J connectivity index is 2.04. The van der Waals surface area contributed by atoms with Crippen molar-refractivity contribution in [2.45, 2.75) is 12.2 Å². The molecule has 0 aliphatic carbocycles. The molecule has 1 amide bonds. The summed E-state index contributed by atoms with van der Waals surface area (Å²) < 4.78 is 42.8. The van der Waals surface area contributed by atoms with Crippen molar-refractivity contribution < 1.29 is 27.5 Å². The van der Waals surface area contributed by atoms with E-state index in [0.29, 0.717) is 10.6 Å². The van der Waals surface area contributed by atoms with Crippen LogP contribution in [-0.4, -0.2) is 24.7 Å². The minimum Gasteiger partial charge on any atom is -0.454 e. The Bertz CT molecular complexity index is 1100. The van der Waals surface area contributed by atoms with Gasteiger partial charge >= 0.3 is 12.1 Å². The van der Waals surface area contributed by atoms with Gasteiger partial charge < -0.3 is 4.74 Å². The van der Waals surface area contributed by atoms with E-state index >= 15 is 0 Å². The lowest BCUT2D eigenvalue weighted by atomic mass is 10.0. The summed E-state index contributed by atoms with van der Waals surface area (Å²) in [6.07, 6.45) is -1.91. The van der Waals surface area contributed by atoms with E-state index in [-0.39, 0.29) is 5.69 Å². The third-order valence-electron chi connectivity index (χ3n) is 4.54. The first-order valence-electron chi connectivity index (χ1n) is 9.85. The average molecular weight is 474 g/mol. The highest BCUT2D eigenvalue weighted by Gasteiger charge is 2.36. The van der Waals surface area contributed by atoms with Crippen molar-refractivity contribution in [3.05, 3.63) is 107 Å². The van der Waals surface area contributed by atoms with E-state index in [1.54, 1.807) is 48.5 Å². The zero-order valence-corrected chi connectivity index (χ0v) is 18.0. The molecule has 0 spiro atoms. The van der Waals surface area contributed by atoms with E-state index in [1.165, 1.54) is 42.5 Å². The van der Waals surface area contributed by atoms with Gasteiger partial charge in [-0.1, -0.05) is 72.3 Å². The van der Waals surface area contributed by atoms with Gasteiger partial charge in [-0.2, -0.15) is 13.2 Å². The SMILES string of the molecule is O=C(OCC(F)(F)F)C(c1ccccc1)N(C(=O)/C=C/c1ccccc1)c1ccc(Cl)cc1. The molecule has 3 rings (SSSR count). The van der Waals surface area contributed by atoms with Crippen molar-refractivity contribution in [1.82, 2.24) is 0 Å². The smallest absolute Gasteiger partial charge is 0.422 e. The second-order valence-electron chi connectivity index (χ2n) is 6.96. The van der Waals surface area contributed by atoms with Crippen LogP contribution in [0, 0.1) is 0 Å². The van der Waals surface area contributed by atoms with E-state index in [1.807, 2.05) is 6.07 Å². The lowest BCUT2D eigenvalue weighted by molar-refractivity contribution is -0.187. The molecule has 1 atom stereocenters. The largest absolute Gasteiger partial charge is 0.454 e. The number of esters is 1. The Labute approximate surface area is 193 Å². The molecule has 8 heteroatoms. The summed E-state index contributed by atoms with van der Waals surface area (Å²) in [4.78, 5) is 27.3. The van der Waals surface area contributed by atoms with Gasteiger partial charge in [0, 0.05) is 16.8 Å². The third kappa shape index (κ3) is 6.95. The van der Waals surface area contributed by atoms with Crippen LogP contribution >= 0.6 is 11.6 Å². The molecule has 0 N–H and O–H groups in total. The molecule has 3 aromatic carbocycles. The van der Waals surface area contributed by atoms with Gasteiger partial charge in [0.1, 0.15) is 0 Å². The van der Waals surface area contributed by atoms with Crippen LogP contribution in [-0.2, 0) is 14.3 Å². The predicted octanol–water partition coefficient (Wildman–Crippen LogP) is 6.23. The molecule has 170 valence electrons. The molecule has 0 saturated carbocycles. The van der Waals surface area contributed by atoms with Crippen LogP contribution in [0.2, 0.25) is 5.02 Å². The zero-order valence-electron chi connectivity index (χ0n) is 17.2. The summed E-state index contributed by atoms with van der Waals surface area (Å²) in [5, 5.41) is 0.391. The summed E-state index contributed by atoms with van der Waals surface area (Å²) in [6.45, 7) is -1.77. The fourth-order valence-electron chi connectivity index (χ4n) is 3.07. The van der Waals surface area contributed by atoms with Gasteiger partial charge in [0.2, 0.25) is 0 Å². The number of anilines is 1. The number of carbonyl (C=O) groups is 2. The molecule has 4 nitrogen and oxygen atoms in total. The van der Waals surface area contributed by atoms with E-state index in [4.69, 9.17) is 11.6 Å². The molecule has 33 heavy (non-hydrogen) atoms. The number of hydrogen-bond donors (Lipinski definition) is 0. The second-order valence-corrected chi connectivity index (χ2v) is 7.40. The lowest BCUT2D eigenvalue weighted by Crippen LogP contribution is -2.40. The minimum atomic E-state index is -4.71. The number of carbonyl (C=O) groups excluding carboxylic acids is 2. The van der Waals surface area contributed by atoms with Gasteiger partial charge in [-0.3, -0.25) is 9.69 Å². The second kappa shape index (κ2) is 10.8. The molecule has 0 saturated heterocycles. The average Bonchev–Trinajstić information content (AvgIpc) is 2.81. The van der Waals surface area contributed by atoms with Crippen LogP contribution < -0.4 is 4.90 Å². The Hall–Kier alpha value is -3.58. The van der Waals surface area contributed by atoms with Crippen molar-refractivity contribution in [2.75, 3.05) is 11.5 Å². The summed E-state index contributed by atoms with van der Waals surface area (Å²) in [7, 11) is 0. The quantitative estimate of drug-likeness (QED) is 0.302. The molecular formula is C25H19ClF3NO3. The molecule has 0 aliphatic rings. The molecule has 0 radical (unpaired) electrons. The van der Waals surface area contributed by atoms with Gasteiger partial charge in [0.15, 0.2) is 12.6 Å². The molecule has 0 aromatic heterocycles. The van der Waals surface area contributed by atoms with Crippen LogP contribution in [0.4, 0.5) is 18.9 Å². The van der Waals surface area contributed by atoms with Crippen LogP contribution in [0.1, 0.15) is 17.2 Å². The molecule has 3 aromatic rings. The number of nitrogens with zero attached hydrogens (tertiary/aromatic N) is 1. The maximum Gasteiger partial charge on any atom is 0.422 e. The Kier molecular flexibility index (Phi) is 7.90. The number of rotatable bonds is 7. The van der Waals surface area contributed by atoms with Crippen LogP contribution in [0.3, 0.4) is 0 Å². The van der Waals surface area contributed by atoms with Crippen LogP contribution in [0.25, 0.3) is 6.08 Å². The number of benzene rings is 3. The fourth-order valence-corrected chi connectivity index (χ4v) is 3.20. The standard InChI is InChI=1S/C25H19ClF3NO3/c26-20-12-14-21(15-13-20)30(22(31)16-11-18-7-3-1-4-8-18)23(19-9-5-2-6-10-19)24(32)33-17-25(27,28)29/h1-16,23H,17H2/b16-11+. The molecule has 1 unspecified atom stereocenters. The van der Waals surface area contributed by atoms with E-state index < -0.39 is 30.7 Å². The van der Waals surface area contributed by atoms with Gasteiger partial charge in [0.25, 0.3) is 5.91 Å². The van der Waals surface area contributed by atoms with Crippen molar-refractivity contribution >= 4 is 35.2 Å². The first-order chi connectivity index (χ1) is 15.7. The molecule has 0 bridgehead atoms. The first kappa shape index (κ1) is 24.1. The van der Waals surface area contributed by atoms with Gasteiger partial charge in [-0.05, 0) is 41.5 Å². The predicted molar refractivity (Wildman–Crippen MR) is 121 cm³/mol. The molecule has 0 heterocycles. The van der Waals surface area contributed by atoms with Gasteiger partial charge in [0.05, 0.1) is 0 Å². The van der Waals surface area contributed by atoms with Crippen molar-refractivity contribution in [2.24, 2.45) is 0 Å². The number of amides is 1. The normalized spacial score (nSPS) is 12.4. The monoisotopic (exact) mass is 473 g/mol. The van der Waals surface area contributed by atoms with Crippen molar-refractivity contribution in [3.63, 3.8) is 0 Å². The van der Waals surface area contributed by atoms with Crippen molar-refractivity contribution in [3.8, 4) is 0 Å². The third-order valence-corrected chi connectivity index (χ3v) is 4.79. The van der Waals surface area contributed by atoms with Crippen LogP contribution in [0.5, 0.6) is 0 Å². The van der Waals surface area contributed by atoms with E-state index in [9.17, 15) is 22.8 Å². The Morgan fingerprint density at radius 2 is 1.48 bits per heavy atom. The Morgan fingerprint density at radius 3 is 2.06 bits per heavy atom. The number of ether oxygens (including phenoxy) is 1. The number of alkyl halides is 3. The first-order valence-corrected chi connectivity index (χ1v) is 10.2. The van der Waals surface area contributed by atoms with Gasteiger partial charge in [-0.25, -0.2) is 4.79 Å². The van der Waals surface area contributed by atoms with Crippen molar-refractivity contribution in [1.29, 1.82) is 0 Å². The lowest BCUT2D eigenvalue weighted by Gasteiger charge is -2.30. The summed E-state index contributed by atoms with van der Waals surface area (Å²) >= 11 is 5.96. The van der Waals surface area contributed by atoms with Gasteiger partial charge in [-0.15, -0.1) is 0 Å². The highest BCUT2D eigenvalue weighted by molar-refractivity contribution is 6.30. The topological polar surface area (TPSA) is 46.6 Å². The number of halogens is 4. The zero-order chi connectivity index (χ0) is 23.8. The summed E-state index contributed by atoms with van der Waals surface area (Å²) in [5.41, 5.74) is 1.29. The fraction of sp³-hybridized carbons (Fsp3) is 0.120. The number of hydrogen-bond acceptors (Lipinski definition) is 3. The maximum atomic E-state index is 13.3. The molecule has 0 fully saturated rings. The van der Waals surface area contributed by atoms with Crippen LogP contribution in [0.15, 0.2) is 91.0 Å².